The molecule has 0 aromatic heterocycles. The van der Waals surface area contributed by atoms with Gasteiger partial charge in [-0.3, -0.25) is 4.90 Å². The van der Waals surface area contributed by atoms with E-state index in [9.17, 15) is 8.42 Å². The maximum atomic E-state index is 12.5. The lowest BCUT2D eigenvalue weighted by atomic mass is 10.2. The summed E-state index contributed by atoms with van der Waals surface area (Å²) in [7, 11) is -3.13. The van der Waals surface area contributed by atoms with Crippen molar-refractivity contribution in [1.82, 2.24) is 14.1 Å². The zero-order chi connectivity index (χ0) is 16.6. The van der Waals surface area contributed by atoms with E-state index in [1.165, 1.54) is 19.4 Å². The van der Waals surface area contributed by atoms with E-state index >= 15 is 0 Å². The van der Waals surface area contributed by atoms with E-state index in [1.807, 2.05) is 30.3 Å². The average Bonchev–Trinajstić information content (AvgIpc) is 3.34. The molecular weight excluding hydrogens is 322 g/mol. The van der Waals surface area contributed by atoms with E-state index in [4.69, 9.17) is 0 Å². The Morgan fingerprint density at radius 1 is 1.00 bits per heavy atom. The van der Waals surface area contributed by atoms with Gasteiger partial charge in [0.15, 0.2) is 0 Å². The largest absolute Gasteiger partial charge is 0.301 e. The minimum absolute atomic E-state index is 0.154. The summed E-state index contributed by atoms with van der Waals surface area (Å²) in [6, 6.07) is 10.1. The highest BCUT2D eigenvalue weighted by molar-refractivity contribution is 7.89. The van der Waals surface area contributed by atoms with Crippen molar-refractivity contribution in [3.8, 4) is 0 Å². The monoisotopic (exact) mass is 349 g/mol. The lowest BCUT2D eigenvalue weighted by Gasteiger charge is -2.37. The zero-order valence-corrected chi connectivity index (χ0v) is 15.0. The van der Waals surface area contributed by atoms with Gasteiger partial charge in [0.25, 0.3) is 0 Å². The summed E-state index contributed by atoms with van der Waals surface area (Å²) in [5.74, 6) is 1.22. The van der Waals surface area contributed by atoms with Gasteiger partial charge in [-0.1, -0.05) is 30.3 Å². The minimum Gasteiger partial charge on any atom is -0.301 e. The molecule has 3 fully saturated rings. The van der Waals surface area contributed by atoms with Crippen molar-refractivity contribution in [2.24, 2.45) is 5.92 Å². The molecule has 2 saturated heterocycles. The molecule has 1 saturated carbocycles. The van der Waals surface area contributed by atoms with E-state index in [0.717, 1.165) is 37.7 Å². The Hall–Kier alpha value is -0.950. The van der Waals surface area contributed by atoms with Gasteiger partial charge in [-0.25, -0.2) is 8.42 Å². The van der Waals surface area contributed by atoms with E-state index in [0.29, 0.717) is 13.1 Å². The molecule has 4 rings (SSSR count). The molecule has 1 unspecified atom stereocenters. The predicted octanol–water partition coefficient (Wildman–Crippen LogP) is 1.23. The number of sulfonamides is 1. The number of hydrogen-bond donors (Lipinski definition) is 0. The highest BCUT2D eigenvalue weighted by Crippen LogP contribution is 2.30. The van der Waals surface area contributed by atoms with Gasteiger partial charge in [-0.05, 0) is 24.3 Å². The van der Waals surface area contributed by atoms with E-state index < -0.39 is 10.0 Å². The van der Waals surface area contributed by atoms with Gasteiger partial charge in [0.2, 0.25) is 10.0 Å². The zero-order valence-electron chi connectivity index (χ0n) is 14.2. The lowest BCUT2D eigenvalue weighted by molar-refractivity contribution is 0.0980. The Bertz CT molecular complexity index is 652. The molecular formula is C18H27N3O2S. The summed E-state index contributed by atoms with van der Waals surface area (Å²) in [4.78, 5) is 4.95. The first-order valence-electron chi connectivity index (χ1n) is 9.08. The molecule has 6 heteroatoms. The normalized spacial score (nSPS) is 29.1. The average molecular weight is 350 g/mol. The van der Waals surface area contributed by atoms with Gasteiger partial charge in [-0.2, -0.15) is 4.31 Å². The van der Waals surface area contributed by atoms with Crippen LogP contribution in [0.4, 0.5) is 0 Å². The lowest BCUT2D eigenvalue weighted by Crippen LogP contribution is -2.52. The summed E-state index contributed by atoms with van der Waals surface area (Å²) in [5, 5.41) is 0. The minimum atomic E-state index is -3.13. The van der Waals surface area contributed by atoms with Crippen molar-refractivity contribution in [3.63, 3.8) is 0 Å². The van der Waals surface area contributed by atoms with Gasteiger partial charge in [0.05, 0.1) is 5.75 Å². The van der Waals surface area contributed by atoms with E-state index in [1.54, 1.807) is 4.31 Å². The first-order valence-corrected chi connectivity index (χ1v) is 10.7. The van der Waals surface area contributed by atoms with Crippen LogP contribution in [0.25, 0.3) is 0 Å². The van der Waals surface area contributed by atoms with Gasteiger partial charge >= 0.3 is 0 Å². The highest BCUT2D eigenvalue weighted by Gasteiger charge is 2.39. The molecule has 24 heavy (non-hydrogen) atoms. The molecule has 132 valence electrons. The first-order chi connectivity index (χ1) is 11.6. The molecule has 0 amide bonds. The molecule has 0 radical (unpaired) electrons. The van der Waals surface area contributed by atoms with E-state index in [-0.39, 0.29) is 11.8 Å². The summed E-state index contributed by atoms with van der Waals surface area (Å²) < 4.78 is 26.7. The molecule has 1 atom stereocenters. The van der Waals surface area contributed by atoms with Crippen LogP contribution in [0.2, 0.25) is 0 Å². The maximum Gasteiger partial charge on any atom is 0.216 e. The van der Waals surface area contributed by atoms with Crippen LogP contribution in [-0.4, -0.2) is 73.6 Å². The smallest absolute Gasteiger partial charge is 0.216 e. The van der Waals surface area contributed by atoms with Gasteiger partial charge in [0.1, 0.15) is 0 Å². The third-order valence-corrected chi connectivity index (χ3v) is 7.42. The Kier molecular flexibility index (Phi) is 4.64. The second-order valence-corrected chi connectivity index (χ2v) is 9.50. The van der Waals surface area contributed by atoms with Gasteiger partial charge in [0, 0.05) is 51.9 Å². The van der Waals surface area contributed by atoms with Gasteiger partial charge < -0.3 is 4.90 Å². The van der Waals surface area contributed by atoms with Crippen LogP contribution in [0.5, 0.6) is 0 Å². The predicted molar refractivity (Wildman–Crippen MR) is 95.2 cm³/mol. The second-order valence-electron chi connectivity index (χ2n) is 7.49. The fourth-order valence-corrected chi connectivity index (χ4v) is 5.66. The fraction of sp³-hybridized carbons (Fsp3) is 0.667. The summed E-state index contributed by atoms with van der Waals surface area (Å²) in [6.07, 6.45) is 2.80. The van der Waals surface area contributed by atoms with Crippen molar-refractivity contribution < 1.29 is 8.42 Å². The molecule has 1 aliphatic carbocycles. The number of piperazine rings is 1. The number of hydrogen-bond acceptors (Lipinski definition) is 4. The molecule has 0 spiro atoms. The van der Waals surface area contributed by atoms with Crippen LogP contribution in [-0.2, 0) is 16.6 Å². The van der Waals surface area contributed by atoms with Crippen molar-refractivity contribution in [2.45, 2.75) is 25.4 Å². The number of nitrogens with zero attached hydrogens (tertiary/aromatic N) is 3. The topological polar surface area (TPSA) is 43.9 Å². The summed E-state index contributed by atoms with van der Waals surface area (Å²) >= 11 is 0. The third kappa shape index (κ3) is 3.82. The van der Waals surface area contributed by atoms with Gasteiger partial charge in [-0.15, -0.1) is 0 Å². The Labute approximate surface area is 145 Å². The number of benzene rings is 1. The SMILES string of the molecule is O=S1(=O)CC(N2CCN(CC3CC3)CC2)CN1Cc1ccccc1. The van der Waals surface area contributed by atoms with Crippen molar-refractivity contribution in [2.75, 3.05) is 45.0 Å². The molecule has 5 nitrogen and oxygen atoms in total. The second kappa shape index (κ2) is 6.75. The van der Waals surface area contributed by atoms with Crippen LogP contribution in [0.1, 0.15) is 18.4 Å². The summed E-state index contributed by atoms with van der Waals surface area (Å²) in [6.45, 7) is 6.58. The van der Waals surface area contributed by atoms with Crippen molar-refractivity contribution in [1.29, 1.82) is 0 Å². The van der Waals surface area contributed by atoms with Crippen LogP contribution in [0, 0.1) is 5.92 Å². The molecule has 0 N–H and O–H groups in total. The highest BCUT2D eigenvalue weighted by atomic mass is 32.2. The standard InChI is InChI=1S/C18H27N3O2S/c22-24(23)15-18(14-21(24)13-16-4-2-1-3-5-16)20-10-8-19(9-11-20)12-17-6-7-17/h1-5,17-18H,6-15H2. The Balaban J connectivity index is 1.34. The van der Waals surface area contributed by atoms with Crippen LogP contribution in [0.3, 0.4) is 0 Å². The van der Waals surface area contributed by atoms with E-state index in [2.05, 4.69) is 9.80 Å². The number of rotatable bonds is 5. The molecule has 2 heterocycles. The molecule has 3 aliphatic rings. The quantitative estimate of drug-likeness (QED) is 0.802. The maximum absolute atomic E-state index is 12.5. The van der Waals surface area contributed by atoms with Crippen molar-refractivity contribution >= 4 is 10.0 Å². The molecule has 0 bridgehead atoms. The first kappa shape index (κ1) is 16.5. The Morgan fingerprint density at radius 3 is 2.38 bits per heavy atom. The molecule has 1 aromatic carbocycles. The Morgan fingerprint density at radius 2 is 1.71 bits per heavy atom. The van der Waals surface area contributed by atoms with Crippen LogP contribution < -0.4 is 0 Å². The third-order valence-electron chi connectivity index (χ3n) is 5.55. The fourth-order valence-electron chi connectivity index (χ4n) is 3.90. The van der Waals surface area contributed by atoms with Crippen molar-refractivity contribution in [3.05, 3.63) is 35.9 Å². The van der Waals surface area contributed by atoms with Crippen LogP contribution in [0.15, 0.2) is 30.3 Å². The molecule has 2 aliphatic heterocycles. The van der Waals surface area contributed by atoms with Crippen LogP contribution >= 0.6 is 0 Å². The summed E-state index contributed by atoms with van der Waals surface area (Å²) in [5.41, 5.74) is 1.07. The molecule has 1 aromatic rings.